The zero-order chi connectivity index (χ0) is 11.8. The van der Waals surface area contributed by atoms with Gasteiger partial charge in [-0.05, 0) is 42.1 Å². The summed E-state index contributed by atoms with van der Waals surface area (Å²) in [7, 11) is 0. The number of thioether (sulfide) groups is 2. The average Bonchev–Trinajstić information content (AvgIpc) is 2.29. The number of nitriles is 2. The predicted molar refractivity (Wildman–Crippen MR) is 70.4 cm³/mol. The van der Waals surface area contributed by atoms with Gasteiger partial charge in [0.1, 0.15) is 10.8 Å². The fourth-order valence-electron chi connectivity index (χ4n) is 1.11. The van der Waals surface area contributed by atoms with Crippen LogP contribution in [0.5, 0.6) is 0 Å². The molecule has 2 nitrogen and oxygen atoms in total. The Balaban J connectivity index is 2.81. The quantitative estimate of drug-likeness (QED) is 0.759. The van der Waals surface area contributed by atoms with E-state index < -0.39 is 0 Å². The van der Waals surface area contributed by atoms with Gasteiger partial charge < -0.3 is 0 Å². The van der Waals surface area contributed by atoms with Crippen molar-refractivity contribution in [1.29, 1.82) is 10.5 Å². The fourth-order valence-corrected chi connectivity index (χ4v) is 2.13. The molecule has 1 aromatic rings. The summed E-state index contributed by atoms with van der Waals surface area (Å²) in [5.41, 5.74) is 2.26. The highest BCUT2D eigenvalue weighted by Crippen LogP contribution is 2.22. The molecule has 0 unspecified atom stereocenters. The molecule has 0 aliphatic carbocycles. The first kappa shape index (κ1) is 12.7. The van der Waals surface area contributed by atoms with Crippen molar-refractivity contribution in [2.45, 2.75) is 6.92 Å². The smallest absolute Gasteiger partial charge is 0.138 e. The molecule has 0 aromatic heterocycles. The molecule has 0 fully saturated rings. The maximum atomic E-state index is 8.64. The van der Waals surface area contributed by atoms with E-state index in [1.165, 1.54) is 5.56 Å². The van der Waals surface area contributed by atoms with Crippen LogP contribution in [0, 0.1) is 28.3 Å². The van der Waals surface area contributed by atoms with Gasteiger partial charge in [-0.15, -0.1) is 0 Å². The van der Waals surface area contributed by atoms with Gasteiger partial charge in [0.2, 0.25) is 0 Å². The highest BCUT2D eigenvalue weighted by molar-refractivity contribution is 8.10. The molecule has 80 valence electrons. The fraction of sp³-hybridized carbons (Fsp3) is 0.167. The summed E-state index contributed by atoms with van der Waals surface area (Å²) in [6, 6.07) is 8.06. The van der Waals surface area contributed by atoms with Gasteiger partial charge in [-0.25, -0.2) is 0 Å². The Hall–Kier alpha value is -1.36. The third-order valence-corrected chi connectivity index (χ3v) is 3.24. The standard InChI is InChI=1S/C12H10N2S2/c1-10-2-4-11(5-3-10)6-12(16-9-14)7-15-8-13/h2-6H,7H2,1H3/b12-6-. The van der Waals surface area contributed by atoms with Gasteiger partial charge in [-0.1, -0.05) is 29.8 Å². The van der Waals surface area contributed by atoms with Gasteiger partial charge >= 0.3 is 0 Å². The van der Waals surface area contributed by atoms with Gasteiger partial charge in [0.05, 0.1) is 0 Å². The maximum absolute atomic E-state index is 8.64. The lowest BCUT2D eigenvalue weighted by Crippen LogP contribution is -1.81. The Bertz CT molecular complexity index is 449. The number of nitrogens with zero attached hydrogens (tertiary/aromatic N) is 2. The molecular formula is C12H10N2S2. The molecule has 16 heavy (non-hydrogen) atoms. The third-order valence-electron chi connectivity index (χ3n) is 1.86. The molecule has 0 saturated heterocycles. The highest BCUT2D eigenvalue weighted by Gasteiger charge is 1.99. The lowest BCUT2D eigenvalue weighted by molar-refractivity contribution is 1.46. The second-order valence-corrected chi connectivity index (χ2v) is 4.77. The highest BCUT2D eigenvalue weighted by atomic mass is 32.2. The lowest BCUT2D eigenvalue weighted by Gasteiger charge is -1.99. The van der Waals surface area contributed by atoms with Crippen molar-refractivity contribution in [3.63, 3.8) is 0 Å². The summed E-state index contributed by atoms with van der Waals surface area (Å²) in [4.78, 5) is 0.901. The molecular weight excluding hydrogens is 236 g/mol. The summed E-state index contributed by atoms with van der Waals surface area (Å²) in [6.07, 6.45) is 1.94. The Labute approximate surface area is 104 Å². The largest absolute Gasteiger partial charge is 0.185 e. The minimum Gasteiger partial charge on any atom is -0.185 e. The lowest BCUT2D eigenvalue weighted by atomic mass is 10.1. The molecule has 0 aliphatic heterocycles. The monoisotopic (exact) mass is 246 g/mol. The first-order valence-corrected chi connectivity index (χ1v) is 6.40. The van der Waals surface area contributed by atoms with E-state index in [0.29, 0.717) is 5.75 Å². The van der Waals surface area contributed by atoms with Gasteiger partial charge in [-0.3, -0.25) is 0 Å². The number of benzene rings is 1. The number of thiocyanates is 2. The van der Waals surface area contributed by atoms with Gasteiger partial charge in [0.25, 0.3) is 0 Å². The summed E-state index contributed by atoms with van der Waals surface area (Å²) in [5.74, 6) is 0.558. The zero-order valence-corrected chi connectivity index (χ0v) is 10.4. The van der Waals surface area contributed by atoms with Crippen molar-refractivity contribution >= 4 is 29.6 Å². The Morgan fingerprint density at radius 1 is 1.25 bits per heavy atom. The maximum Gasteiger partial charge on any atom is 0.138 e. The van der Waals surface area contributed by atoms with E-state index in [4.69, 9.17) is 10.5 Å². The second-order valence-electron chi connectivity index (χ2n) is 3.09. The van der Waals surface area contributed by atoms with Crippen molar-refractivity contribution < 1.29 is 0 Å². The first-order chi connectivity index (χ1) is 7.76. The third kappa shape index (κ3) is 4.44. The van der Waals surface area contributed by atoms with Crippen LogP contribution in [0.1, 0.15) is 11.1 Å². The summed E-state index contributed by atoms with van der Waals surface area (Å²) >= 11 is 2.25. The minimum atomic E-state index is 0.558. The van der Waals surface area contributed by atoms with Crippen molar-refractivity contribution in [2.24, 2.45) is 0 Å². The van der Waals surface area contributed by atoms with Crippen molar-refractivity contribution in [3.8, 4) is 10.8 Å². The Morgan fingerprint density at radius 3 is 2.50 bits per heavy atom. The van der Waals surface area contributed by atoms with Crippen LogP contribution in [0.15, 0.2) is 29.2 Å². The summed E-state index contributed by atoms with van der Waals surface area (Å²) < 4.78 is 0. The van der Waals surface area contributed by atoms with E-state index in [9.17, 15) is 0 Å². The van der Waals surface area contributed by atoms with Crippen LogP contribution in [0.2, 0.25) is 0 Å². The molecule has 1 rings (SSSR count). The van der Waals surface area contributed by atoms with E-state index in [-0.39, 0.29) is 0 Å². The van der Waals surface area contributed by atoms with E-state index in [1.807, 2.05) is 48.1 Å². The Morgan fingerprint density at radius 2 is 1.94 bits per heavy atom. The van der Waals surface area contributed by atoms with Crippen LogP contribution in [-0.4, -0.2) is 5.75 Å². The van der Waals surface area contributed by atoms with Crippen LogP contribution in [0.25, 0.3) is 6.08 Å². The molecule has 0 N–H and O–H groups in total. The first-order valence-electron chi connectivity index (χ1n) is 4.60. The average molecular weight is 246 g/mol. The summed E-state index contributed by atoms with van der Waals surface area (Å²) in [6.45, 7) is 2.03. The van der Waals surface area contributed by atoms with E-state index in [1.54, 1.807) is 0 Å². The molecule has 0 spiro atoms. The minimum absolute atomic E-state index is 0.558. The molecule has 0 aliphatic rings. The van der Waals surface area contributed by atoms with E-state index >= 15 is 0 Å². The van der Waals surface area contributed by atoms with Crippen LogP contribution in [0.4, 0.5) is 0 Å². The SMILES string of the molecule is Cc1ccc(/C=C(/CSC#N)SC#N)cc1. The molecule has 4 heteroatoms. The van der Waals surface area contributed by atoms with Gasteiger partial charge in [0.15, 0.2) is 0 Å². The zero-order valence-electron chi connectivity index (χ0n) is 8.80. The number of hydrogen-bond acceptors (Lipinski definition) is 4. The van der Waals surface area contributed by atoms with E-state index in [2.05, 4.69) is 0 Å². The van der Waals surface area contributed by atoms with Crippen LogP contribution >= 0.6 is 23.5 Å². The van der Waals surface area contributed by atoms with Crippen LogP contribution < -0.4 is 0 Å². The molecule has 1 aromatic carbocycles. The molecule has 0 amide bonds. The second kappa shape index (κ2) is 7.00. The Kier molecular flexibility index (Phi) is 5.56. The number of hydrogen-bond donors (Lipinski definition) is 0. The molecule has 0 bridgehead atoms. The van der Waals surface area contributed by atoms with Crippen molar-refractivity contribution in [1.82, 2.24) is 0 Å². The molecule has 0 radical (unpaired) electrons. The van der Waals surface area contributed by atoms with Gasteiger partial charge in [-0.2, -0.15) is 10.5 Å². The number of aryl methyl sites for hydroxylation is 1. The van der Waals surface area contributed by atoms with Gasteiger partial charge in [0, 0.05) is 10.7 Å². The topological polar surface area (TPSA) is 47.6 Å². The molecule has 0 atom stereocenters. The molecule has 0 heterocycles. The van der Waals surface area contributed by atoms with Crippen LogP contribution in [0.3, 0.4) is 0 Å². The molecule has 0 saturated carbocycles. The van der Waals surface area contributed by atoms with Crippen LogP contribution in [-0.2, 0) is 0 Å². The van der Waals surface area contributed by atoms with Crippen molar-refractivity contribution in [2.75, 3.05) is 5.75 Å². The summed E-state index contributed by atoms with van der Waals surface area (Å²) in [5, 5.41) is 21.2. The normalized spacial score (nSPS) is 10.6. The van der Waals surface area contributed by atoms with E-state index in [0.717, 1.165) is 34.0 Å². The predicted octanol–water partition coefficient (Wildman–Crippen LogP) is 3.76. The number of rotatable bonds is 4. The van der Waals surface area contributed by atoms with Crippen molar-refractivity contribution in [3.05, 3.63) is 40.3 Å².